The SMILES string of the molecule is Bc1cc(C#CC(C)(C)C)sc1C(=O)OC. The monoisotopic (exact) mass is 234 g/mol. The second kappa shape index (κ2) is 4.75. The Morgan fingerprint density at radius 2 is 2.12 bits per heavy atom. The molecule has 1 rings (SSSR count). The van der Waals surface area contributed by atoms with E-state index in [0.29, 0.717) is 4.88 Å². The molecular weight excluding hydrogens is 219 g/mol. The maximum atomic E-state index is 11.4. The minimum Gasteiger partial charge on any atom is -0.465 e. The minimum absolute atomic E-state index is 0.0245. The van der Waals surface area contributed by atoms with E-state index in [1.54, 1.807) is 0 Å². The highest BCUT2D eigenvalue weighted by Crippen LogP contribution is 2.15. The average Bonchev–Trinajstić information content (AvgIpc) is 2.55. The summed E-state index contributed by atoms with van der Waals surface area (Å²) in [6.45, 7) is 6.17. The third-order valence-corrected chi connectivity index (χ3v) is 2.98. The van der Waals surface area contributed by atoms with E-state index in [9.17, 15) is 4.79 Å². The minimum atomic E-state index is -0.286. The Kier molecular flexibility index (Phi) is 3.82. The van der Waals surface area contributed by atoms with E-state index in [1.165, 1.54) is 18.4 Å². The van der Waals surface area contributed by atoms with Crippen LogP contribution in [0.2, 0.25) is 0 Å². The van der Waals surface area contributed by atoms with Gasteiger partial charge in [0.2, 0.25) is 0 Å². The number of carbonyl (C=O) groups excluding carboxylic acids is 1. The van der Waals surface area contributed by atoms with Crippen LogP contribution in [0.25, 0.3) is 0 Å². The number of carbonyl (C=O) groups is 1. The molecule has 0 bridgehead atoms. The molecule has 0 saturated carbocycles. The average molecular weight is 234 g/mol. The van der Waals surface area contributed by atoms with E-state index in [1.807, 2.05) is 13.9 Å². The van der Waals surface area contributed by atoms with Crippen LogP contribution in [-0.4, -0.2) is 20.9 Å². The van der Waals surface area contributed by atoms with Gasteiger partial charge in [-0.2, -0.15) is 0 Å². The molecule has 0 aromatic carbocycles. The van der Waals surface area contributed by atoms with Gasteiger partial charge in [-0.05, 0) is 26.8 Å². The molecule has 1 aromatic rings. The van der Waals surface area contributed by atoms with E-state index >= 15 is 0 Å². The van der Waals surface area contributed by atoms with Crippen LogP contribution in [0.5, 0.6) is 0 Å². The van der Waals surface area contributed by atoms with Crippen LogP contribution < -0.4 is 5.46 Å². The summed E-state index contributed by atoms with van der Waals surface area (Å²) in [5.74, 6) is 5.94. The first-order valence-electron chi connectivity index (χ1n) is 5.05. The normalized spacial score (nSPS) is 10.5. The van der Waals surface area contributed by atoms with Crippen molar-refractivity contribution in [2.75, 3.05) is 7.11 Å². The van der Waals surface area contributed by atoms with Crippen molar-refractivity contribution in [1.82, 2.24) is 0 Å². The molecule has 0 aliphatic carbocycles. The standard InChI is InChI=1S/C12H15BO2S/c1-12(2,3)6-5-8-7-9(13)10(16-8)11(14)15-4/h7H,13H2,1-4H3. The fraction of sp³-hybridized carbons (Fsp3) is 0.417. The van der Waals surface area contributed by atoms with Crippen LogP contribution in [0.15, 0.2) is 6.07 Å². The van der Waals surface area contributed by atoms with Crippen molar-refractivity contribution in [2.45, 2.75) is 20.8 Å². The number of methoxy groups -OCH3 is 1. The molecule has 0 spiro atoms. The molecule has 16 heavy (non-hydrogen) atoms. The summed E-state index contributed by atoms with van der Waals surface area (Å²) in [4.78, 5) is 12.9. The van der Waals surface area contributed by atoms with Gasteiger partial charge in [0, 0.05) is 5.41 Å². The van der Waals surface area contributed by atoms with Gasteiger partial charge in [-0.1, -0.05) is 17.3 Å². The number of hydrogen-bond donors (Lipinski definition) is 0. The van der Waals surface area contributed by atoms with E-state index < -0.39 is 0 Å². The van der Waals surface area contributed by atoms with Gasteiger partial charge >= 0.3 is 5.97 Å². The molecule has 0 N–H and O–H groups in total. The van der Waals surface area contributed by atoms with Gasteiger partial charge in [-0.25, -0.2) is 4.79 Å². The molecule has 0 unspecified atom stereocenters. The van der Waals surface area contributed by atoms with Crippen molar-refractivity contribution in [1.29, 1.82) is 0 Å². The van der Waals surface area contributed by atoms with Crippen molar-refractivity contribution in [3.05, 3.63) is 15.8 Å². The zero-order valence-electron chi connectivity index (χ0n) is 10.3. The van der Waals surface area contributed by atoms with Gasteiger partial charge in [-0.15, -0.1) is 11.3 Å². The maximum absolute atomic E-state index is 11.4. The lowest BCUT2D eigenvalue weighted by atomic mass is 9.96. The number of esters is 1. The van der Waals surface area contributed by atoms with Crippen molar-refractivity contribution in [3.8, 4) is 11.8 Å². The second-order valence-corrected chi connectivity index (χ2v) is 5.67. The smallest absolute Gasteiger partial charge is 0.347 e. The van der Waals surface area contributed by atoms with Crippen LogP contribution in [0.1, 0.15) is 35.3 Å². The molecule has 4 heteroatoms. The maximum Gasteiger partial charge on any atom is 0.347 e. The zero-order chi connectivity index (χ0) is 12.3. The Morgan fingerprint density at radius 3 is 2.62 bits per heavy atom. The van der Waals surface area contributed by atoms with Gasteiger partial charge in [0.15, 0.2) is 0 Å². The first kappa shape index (κ1) is 12.9. The van der Waals surface area contributed by atoms with Crippen molar-refractivity contribution in [3.63, 3.8) is 0 Å². The van der Waals surface area contributed by atoms with Crippen LogP contribution in [-0.2, 0) is 4.74 Å². The van der Waals surface area contributed by atoms with E-state index in [-0.39, 0.29) is 11.4 Å². The molecule has 0 fully saturated rings. The zero-order valence-corrected chi connectivity index (χ0v) is 11.1. The lowest BCUT2D eigenvalue weighted by molar-refractivity contribution is 0.0607. The van der Waals surface area contributed by atoms with Crippen molar-refractivity contribution < 1.29 is 9.53 Å². The fourth-order valence-corrected chi connectivity index (χ4v) is 2.03. The third-order valence-electron chi connectivity index (χ3n) is 1.85. The molecular formula is C12H15BO2S. The Hall–Kier alpha value is -1.21. The highest BCUT2D eigenvalue weighted by Gasteiger charge is 2.13. The predicted molar refractivity (Wildman–Crippen MR) is 70.2 cm³/mol. The van der Waals surface area contributed by atoms with Gasteiger partial charge in [0.05, 0.1) is 12.0 Å². The molecule has 0 amide bonds. The summed E-state index contributed by atoms with van der Waals surface area (Å²) in [6, 6.07) is 1.93. The first-order valence-corrected chi connectivity index (χ1v) is 5.87. The summed E-state index contributed by atoms with van der Waals surface area (Å²) in [6.07, 6.45) is 0. The Balaban J connectivity index is 3.01. The molecule has 0 aliphatic rings. The molecule has 84 valence electrons. The van der Waals surface area contributed by atoms with Crippen LogP contribution in [0.4, 0.5) is 0 Å². The summed E-state index contributed by atoms with van der Waals surface area (Å²) in [7, 11) is 3.28. The quantitative estimate of drug-likeness (QED) is 0.414. The summed E-state index contributed by atoms with van der Waals surface area (Å²) in [5.41, 5.74) is 0.901. The van der Waals surface area contributed by atoms with Crippen LogP contribution in [0.3, 0.4) is 0 Å². The van der Waals surface area contributed by atoms with E-state index in [2.05, 4.69) is 32.6 Å². The number of rotatable bonds is 1. The Labute approximate surface area is 101 Å². The molecule has 1 heterocycles. The lowest BCUT2D eigenvalue weighted by Crippen LogP contribution is -2.11. The second-order valence-electron chi connectivity index (χ2n) is 4.61. The van der Waals surface area contributed by atoms with Gasteiger partial charge in [0.25, 0.3) is 0 Å². The summed E-state index contributed by atoms with van der Waals surface area (Å²) in [5, 5.41) is 0. The first-order chi connectivity index (χ1) is 7.33. The van der Waals surface area contributed by atoms with E-state index in [4.69, 9.17) is 4.74 Å². The number of hydrogen-bond acceptors (Lipinski definition) is 3. The molecule has 0 radical (unpaired) electrons. The fourth-order valence-electron chi connectivity index (χ4n) is 1.09. The summed E-state index contributed by atoms with van der Waals surface area (Å²) >= 11 is 1.38. The van der Waals surface area contributed by atoms with Crippen molar-refractivity contribution in [2.24, 2.45) is 5.41 Å². The van der Waals surface area contributed by atoms with E-state index in [0.717, 1.165) is 10.3 Å². The predicted octanol–water partition coefficient (Wildman–Crippen LogP) is 1.19. The molecule has 1 aromatic heterocycles. The third kappa shape index (κ3) is 3.43. The molecule has 2 nitrogen and oxygen atoms in total. The largest absolute Gasteiger partial charge is 0.465 e. The van der Waals surface area contributed by atoms with Gasteiger partial charge < -0.3 is 4.74 Å². The van der Waals surface area contributed by atoms with Crippen LogP contribution in [0, 0.1) is 17.3 Å². The number of ether oxygens (including phenoxy) is 1. The van der Waals surface area contributed by atoms with Crippen molar-refractivity contribution >= 4 is 30.6 Å². The van der Waals surface area contributed by atoms with Crippen LogP contribution >= 0.6 is 11.3 Å². The molecule has 0 aliphatic heterocycles. The number of thiophene rings is 1. The highest BCUT2D eigenvalue weighted by molar-refractivity contribution is 7.15. The van der Waals surface area contributed by atoms with Gasteiger partial charge in [0.1, 0.15) is 12.7 Å². The molecule has 0 atom stereocenters. The van der Waals surface area contributed by atoms with Gasteiger partial charge in [-0.3, -0.25) is 0 Å². The Bertz CT molecular complexity index is 458. The molecule has 0 saturated heterocycles. The summed E-state index contributed by atoms with van der Waals surface area (Å²) < 4.78 is 4.70. The lowest BCUT2D eigenvalue weighted by Gasteiger charge is -2.06. The highest BCUT2D eigenvalue weighted by atomic mass is 32.1. The Morgan fingerprint density at radius 1 is 1.50 bits per heavy atom. The topological polar surface area (TPSA) is 26.3 Å².